The summed E-state index contributed by atoms with van der Waals surface area (Å²) in [7, 11) is 0. The lowest BCUT2D eigenvalue weighted by atomic mass is 9.91. The van der Waals surface area contributed by atoms with Crippen LogP contribution in [0.3, 0.4) is 0 Å². The molecule has 1 fully saturated rings. The Labute approximate surface area is 93.4 Å². The first-order valence-corrected chi connectivity index (χ1v) is 6.22. The van der Waals surface area contributed by atoms with Crippen LogP contribution in [0.15, 0.2) is 0 Å². The summed E-state index contributed by atoms with van der Waals surface area (Å²) >= 11 is 0. The van der Waals surface area contributed by atoms with E-state index in [-0.39, 0.29) is 17.5 Å². The Bertz CT molecular complexity index is 195. The fourth-order valence-corrected chi connectivity index (χ4v) is 2.08. The molecule has 2 heteroatoms. The molecule has 88 valence electrons. The molecule has 15 heavy (non-hydrogen) atoms. The molecule has 0 aromatic carbocycles. The molecule has 0 aromatic heterocycles. The first-order valence-electron chi connectivity index (χ1n) is 6.22. The minimum atomic E-state index is -0.334. The number of carbonyl (C=O) groups is 1. The van der Waals surface area contributed by atoms with Gasteiger partial charge in [0.05, 0.1) is 5.92 Å². The maximum Gasteiger partial charge on any atom is 0.309 e. The van der Waals surface area contributed by atoms with Gasteiger partial charge in [-0.15, -0.1) is 0 Å². The SMILES string of the molecule is CC(C)(C)OC(=O)C1CCCCCCC1. The van der Waals surface area contributed by atoms with Crippen LogP contribution in [0.1, 0.15) is 65.7 Å². The quantitative estimate of drug-likeness (QED) is 0.620. The van der Waals surface area contributed by atoms with E-state index < -0.39 is 0 Å². The van der Waals surface area contributed by atoms with Gasteiger partial charge < -0.3 is 4.74 Å². The predicted octanol–water partition coefficient (Wildman–Crippen LogP) is 3.69. The summed E-state index contributed by atoms with van der Waals surface area (Å²) < 4.78 is 5.43. The minimum Gasteiger partial charge on any atom is -0.460 e. The zero-order valence-electron chi connectivity index (χ0n) is 10.3. The van der Waals surface area contributed by atoms with Crippen molar-refractivity contribution in [3.05, 3.63) is 0 Å². The molecule has 0 atom stereocenters. The van der Waals surface area contributed by atoms with Crippen molar-refractivity contribution in [2.75, 3.05) is 0 Å². The average molecular weight is 212 g/mol. The maximum absolute atomic E-state index is 11.9. The van der Waals surface area contributed by atoms with Crippen LogP contribution >= 0.6 is 0 Å². The molecular weight excluding hydrogens is 188 g/mol. The van der Waals surface area contributed by atoms with Gasteiger partial charge >= 0.3 is 5.97 Å². The summed E-state index contributed by atoms with van der Waals surface area (Å²) in [5, 5.41) is 0. The van der Waals surface area contributed by atoms with E-state index in [1.807, 2.05) is 20.8 Å². The topological polar surface area (TPSA) is 26.3 Å². The van der Waals surface area contributed by atoms with E-state index in [4.69, 9.17) is 4.74 Å². The highest BCUT2D eigenvalue weighted by molar-refractivity contribution is 5.72. The molecule has 0 aromatic rings. The predicted molar refractivity (Wildman–Crippen MR) is 61.7 cm³/mol. The molecule has 0 aliphatic heterocycles. The number of hydrogen-bond donors (Lipinski definition) is 0. The second kappa shape index (κ2) is 5.53. The Hall–Kier alpha value is -0.530. The molecule has 1 aliphatic carbocycles. The monoisotopic (exact) mass is 212 g/mol. The van der Waals surface area contributed by atoms with Crippen LogP contribution in [0.5, 0.6) is 0 Å². The van der Waals surface area contributed by atoms with E-state index >= 15 is 0 Å². The van der Waals surface area contributed by atoms with Gasteiger partial charge in [-0.2, -0.15) is 0 Å². The largest absolute Gasteiger partial charge is 0.460 e. The van der Waals surface area contributed by atoms with Crippen molar-refractivity contribution in [1.29, 1.82) is 0 Å². The van der Waals surface area contributed by atoms with Crippen molar-refractivity contribution in [2.24, 2.45) is 5.92 Å². The fourth-order valence-electron chi connectivity index (χ4n) is 2.08. The summed E-state index contributed by atoms with van der Waals surface area (Å²) in [6.45, 7) is 5.81. The standard InChI is InChI=1S/C13H24O2/c1-13(2,3)15-12(14)11-9-7-5-4-6-8-10-11/h11H,4-10H2,1-3H3. The number of ether oxygens (including phenoxy) is 1. The van der Waals surface area contributed by atoms with Crippen LogP contribution in [-0.2, 0) is 9.53 Å². The maximum atomic E-state index is 11.9. The normalized spacial score (nSPS) is 20.5. The van der Waals surface area contributed by atoms with E-state index in [0.717, 1.165) is 12.8 Å². The minimum absolute atomic E-state index is 0.0180. The van der Waals surface area contributed by atoms with E-state index in [0.29, 0.717) is 0 Å². The van der Waals surface area contributed by atoms with Gasteiger partial charge in [-0.3, -0.25) is 4.79 Å². The molecule has 0 amide bonds. The van der Waals surface area contributed by atoms with Gasteiger partial charge in [-0.25, -0.2) is 0 Å². The van der Waals surface area contributed by atoms with Crippen molar-refractivity contribution < 1.29 is 9.53 Å². The molecular formula is C13H24O2. The van der Waals surface area contributed by atoms with Gasteiger partial charge in [0, 0.05) is 0 Å². The van der Waals surface area contributed by atoms with Crippen molar-refractivity contribution in [2.45, 2.75) is 71.3 Å². The van der Waals surface area contributed by atoms with Crippen molar-refractivity contribution in [3.8, 4) is 0 Å². The second-order valence-corrected chi connectivity index (χ2v) is 5.58. The summed E-state index contributed by atoms with van der Waals surface area (Å²) in [5.41, 5.74) is -0.334. The van der Waals surface area contributed by atoms with E-state index in [1.165, 1.54) is 32.1 Å². The number of carbonyl (C=O) groups excluding carboxylic acids is 1. The van der Waals surface area contributed by atoms with Crippen LogP contribution in [0.25, 0.3) is 0 Å². The van der Waals surface area contributed by atoms with E-state index in [9.17, 15) is 4.79 Å². The first kappa shape index (κ1) is 12.5. The van der Waals surface area contributed by atoms with Crippen molar-refractivity contribution >= 4 is 5.97 Å². The highest BCUT2D eigenvalue weighted by Crippen LogP contribution is 2.24. The number of hydrogen-bond acceptors (Lipinski definition) is 2. The number of esters is 1. The fraction of sp³-hybridized carbons (Fsp3) is 0.923. The molecule has 0 saturated heterocycles. The van der Waals surface area contributed by atoms with Crippen molar-refractivity contribution in [3.63, 3.8) is 0 Å². The van der Waals surface area contributed by atoms with Gasteiger partial charge in [0.1, 0.15) is 5.60 Å². The van der Waals surface area contributed by atoms with Crippen LogP contribution in [0.4, 0.5) is 0 Å². The molecule has 2 nitrogen and oxygen atoms in total. The summed E-state index contributed by atoms with van der Waals surface area (Å²) in [4.78, 5) is 11.9. The molecule has 0 radical (unpaired) electrons. The van der Waals surface area contributed by atoms with Gasteiger partial charge in [0.2, 0.25) is 0 Å². The second-order valence-electron chi connectivity index (χ2n) is 5.58. The summed E-state index contributed by atoms with van der Waals surface area (Å²) in [6, 6.07) is 0. The highest BCUT2D eigenvalue weighted by Gasteiger charge is 2.24. The molecule has 0 N–H and O–H groups in total. The lowest BCUT2D eigenvalue weighted by Gasteiger charge is -2.24. The molecule has 1 aliphatic rings. The van der Waals surface area contributed by atoms with Gasteiger partial charge in [-0.1, -0.05) is 32.1 Å². The Morgan fingerprint density at radius 3 is 1.93 bits per heavy atom. The first-order chi connectivity index (χ1) is 6.99. The molecule has 0 unspecified atom stereocenters. The van der Waals surface area contributed by atoms with Gasteiger partial charge in [0.25, 0.3) is 0 Å². The van der Waals surface area contributed by atoms with E-state index in [2.05, 4.69) is 0 Å². The van der Waals surface area contributed by atoms with Gasteiger partial charge in [-0.05, 0) is 33.6 Å². The third-order valence-electron chi connectivity index (χ3n) is 2.85. The average Bonchev–Trinajstić information content (AvgIpc) is 1.98. The zero-order valence-corrected chi connectivity index (χ0v) is 10.3. The summed E-state index contributed by atoms with van der Waals surface area (Å²) in [6.07, 6.45) is 8.30. The van der Waals surface area contributed by atoms with Crippen LogP contribution in [0.2, 0.25) is 0 Å². The van der Waals surface area contributed by atoms with Crippen LogP contribution in [-0.4, -0.2) is 11.6 Å². The third kappa shape index (κ3) is 5.19. The Morgan fingerprint density at radius 2 is 1.47 bits per heavy atom. The Balaban J connectivity index is 2.42. The molecule has 0 spiro atoms. The third-order valence-corrected chi connectivity index (χ3v) is 2.85. The molecule has 1 rings (SSSR count). The Kier molecular flexibility index (Phi) is 4.62. The smallest absolute Gasteiger partial charge is 0.309 e. The zero-order chi connectivity index (χ0) is 11.3. The molecule has 1 saturated carbocycles. The lowest BCUT2D eigenvalue weighted by molar-refractivity contribution is -0.160. The van der Waals surface area contributed by atoms with Crippen LogP contribution in [0, 0.1) is 5.92 Å². The Morgan fingerprint density at radius 1 is 1.00 bits per heavy atom. The summed E-state index contributed by atoms with van der Waals surface area (Å²) in [5.74, 6) is 0.175. The molecule has 0 heterocycles. The number of rotatable bonds is 1. The van der Waals surface area contributed by atoms with Crippen LogP contribution < -0.4 is 0 Å². The lowest BCUT2D eigenvalue weighted by Crippen LogP contribution is -2.29. The van der Waals surface area contributed by atoms with E-state index in [1.54, 1.807) is 0 Å². The molecule has 0 bridgehead atoms. The highest BCUT2D eigenvalue weighted by atomic mass is 16.6. The van der Waals surface area contributed by atoms with Gasteiger partial charge in [0.15, 0.2) is 0 Å². The van der Waals surface area contributed by atoms with Crippen molar-refractivity contribution in [1.82, 2.24) is 0 Å².